The summed E-state index contributed by atoms with van der Waals surface area (Å²) in [6.45, 7) is 4.90. The lowest BCUT2D eigenvalue weighted by Gasteiger charge is -2.46. The standard InChI is InChI=1S/C23H35NO5/c1-26-15-16-28-19-22(25)24-11-9-23(10-12-24)17-20(8-14-29-23)7-13-27-18-21-5-3-2-4-6-21/h2-6,20H,7-19H2,1H3. The van der Waals surface area contributed by atoms with Crippen molar-refractivity contribution in [2.45, 2.75) is 44.3 Å². The minimum Gasteiger partial charge on any atom is -0.382 e. The van der Waals surface area contributed by atoms with E-state index in [0.29, 0.717) is 25.7 Å². The molecule has 1 spiro atoms. The van der Waals surface area contributed by atoms with Gasteiger partial charge in [-0.3, -0.25) is 4.79 Å². The van der Waals surface area contributed by atoms with Gasteiger partial charge in [-0.2, -0.15) is 0 Å². The number of nitrogens with zero attached hydrogens (tertiary/aromatic N) is 1. The van der Waals surface area contributed by atoms with Gasteiger partial charge in [-0.25, -0.2) is 0 Å². The van der Waals surface area contributed by atoms with E-state index in [1.54, 1.807) is 7.11 Å². The number of carbonyl (C=O) groups excluding carboxylic acids is 1. The number of likely N-dealkylation sites (tertiary alicyclic amines) is 1. The van der Waals surface area contributed by atoms with Crippen LogP contribution in [0.25, 0.3) is 0 Å². The lowest BCUT2D eigenvalue weighted by atomic mass is 9.78. The molecule has 0 aromatic heterocycles. The number of hydrogen-bond donors (Lipinski definition) is 0. The van der Waals surface area contributed by atoms with Crippen molar-refractivity contribution in [3.8, 4) is 0 Å². The van der Waals surface area contributed by atoms with Gasteiger partial charge in [0.25, 0.3) is 0 Å². The van der Waals surface area contributed by atoms with Crippen molar-refractivity contribution in [1.82, 2.24) is 4.90 Å². The Balaban J connectivity index is 1.35. The molecule has 0 bridgehead atoms. The van der Waals surface area contributed by atoms with Crippen molar-refractivity contribution in [1.29, 1.82) is 0 Å². The zero-order chi connectivity index (χ0) is 20.4. The van der Waals surface area contributed by atoms with E-state index in [2.05, 4.69) is 12.1 Å². The first-order valence-corrected chi connectivity index (χ1v) is 10.8. The number of hydrogen-bond acceptors (Lipinski definition) is 5. The fraction of sp³-hybridized carbons (Fsp3) is 0.696. The summed E-state index contributed by atoms with van der Waals surface area (Å²) in [5.41, 5.74) is 1.16. The van der Waals surface area contributed by atoms with Gasteiger partial charge >= 0.3 is 0 Å². The molecule has 2 saturated heterocycles. The van der Waals surface area contributed by atoms with Crippen LogP contribution in [0.3, 0.4) is 0 Å². The highest BCUT2D eigenvalue weighted by Crippen LogP contribution is 2.38. The monoisotopic (exact) mass is 405 g/mol. The molecule has 1 unspecified atom stereocenters. The van der Waals surface area contributed by atoms with Crippen molar-refractivity contribution < 1.29 is 23.7 Å². The van der Waals surface area contributed by atoms with E-state index in [0.717, 1.165) is 58.4 Å². The first-order valence-electron chi connectivity index (χ1n) is 10.8. The summed E-state index contributed by atoms with van der Waals surface area (Å²) in [4.78, 5) is 14.2. The Bertz CT molecular complexity index is 601. The smallest absolute Gasteiger partial charge is 0.248 e. The second-order valence-electron chi connectivity index (χ2n) is 8.14. The second kappa shape index (κ2) is 11.6. The molecule has 3 rings (SSSR count). The molecule has 0 aliphatic carbocycles. The van der Waals surface area contributed by atoms with Gasteiger partial charge in [0.05, 0.1) is 25.4 Å². The van der Waals surface area contributed by atoms with Crippen molar-refractivity contribution in [3.63, 3.8) is 0 Å². The van der Waals surface area contributed by atoms with Crippen molar-refractivity contribution in [2.75, 3.05) is 53.2 Å². The third kappa shape index (κ3) is 7.07. The SMILES string of the molecule is COCCOCC(=O)N1CCC2(CC1)CC(CCOCc1ccccc1)CCO2. The molecular formula is C23H35NO5. The van der Waals surface area contributed by atoms with Crippen LogP contribution in [0.15, 0.2) is 30.3 Å². The highest BCUT2D eigenvalue weighted by Gasteiger charge is 2.40. The molecule has 2 heterocycles. The molecule has 6 heteroatoms. The zero-order valence-corrected chi connectivity index (χ0v) is 17.6. The minimum absolute atomic E-state index is 0.0595. The lowest BCUT2D eigenvalue weighted by molar-refractivity contribution is -0.151. The molecule has 0 N–H and O–H groups in total. The molecule has 1 aromatic rings. The summed E-state index contributed by atoms with van der Waals surface area (Å²) < 4.78 is 22.4. The van der Waals surface area contributed by atoms with Crippen LogP contribution < -0.4 is 0 Å². The number of amides is 1. The summed E-state index contributed by atoms with van der Waals surface area (Å²) in [5, 5.41) is 0. The molecule has 1 amide bonds. The van der Waals surface area contributed by atoms with E-state index < -0.39 is 0 Å². The number of methoxy groups -OCH3 is 1. The van der Waals surface area contributed by atoms with Gasteiger partial charge in [-0.1, -0.05) is 30.3 Å². The predicted molar refractivity (Wildman–Crippen MR) is 111 cm³/mol. The van der Waals surface area contributed by atoms with Crippen molar-refractivity contribution in [2.24, 2.45) is 5.92 Å². The maximum Gasteiger partial charge on any atom is 0.248 e. The number of piperidine rings is 1. The highest BCUT2D eigenvalue weighted by atomic mass is 16.5. The topological polar surface area (TPSA) is 57.2 Å². The van der Waals surface area contributed by atoms with E-state index in [1.165, 1.54) is 5.56 Å². The molecule has 1 atom stereocenters. The van der Waals surface area contributed by atoms with Gasteiger partial charge in [0.2, 0.25) is 5.91 Å². The molecule has 29 heavy (non-hydrogen) atoms. The third-order valence-corrected chi connectivity index (χ3v) is 6.06. The molecule has 2 fully saturated rings. The van der Waals surface area contributed by atoms with Crippen LogP contribution >= 0.6 is 0 Å². The van der Waals surface area contributed by atoms with Gasteiger partial charge in [-0.15, -0.1) is 0 Å². The average molecular weight is 406 g/mol. The van der Waals surface area contributed by atoms with Gasteiger partial charge in [0, 0.05) is 33.4 Å². The Morgan fingerprint density at radius 2 is 1.93 bits per heavy atom. The normalized spacial score (nSPS) is 21.4. The maximum absolute atomic E-state index is 12.3. The zero-order valence-electron chi connectivity index (χ0n) is 17.6. The van der Waals surface area contributed by atoms with Crippen LogP contribution in [0.5, 0.6) is 0 Å². The summed E-state index contributed by atoms with van der Waals surface area (Å²) in [7, 11) is 1.63. The molecule has 1 aromatic carbocycles. The van der Waals surface area contributed by atoms with Gasteiger partial charge in [0.15, 0.2) is 0 Å². The first-order chi connectivity index (χ1) is 14.2. The third-order valence-electron chi connectivity index (χ3n) is 6.06. The highest BCUT2D eigenvalue weighted by molar-refractivity contribution is 5.77. The van der Waals surface area contributed by atoms with E-state index in [9.17, 15) is 4.79 Å². The molecule has 2 aliphatic heterocycles. The number of benzene rings is 1. The minimum atomic E-state index is -0.0595. The summed E-state index contributed by atoms with van der Waals surface area (Å²) in [5.74, 6) is 0.705. The molecule has 6 nitrogen and oxygen atoms in total. The Morgan fingerprint density at radius 3 is 2.69 bits per heavy atom. The molecule has 2 aliphatic rings. The molecular weight excluding hydrogens is 370 g/mol. The van der Waals surface area contributed by atoms with Crippen LogP contribution in [-0.2, 0) is 30.3 Å². The molecule has 0 saturated carbocycles. The van der Waals surface area contributed by atoms with Gasteiger partial charge < -0.3 is 23.8 Å². The Hall–Kier alpha value is -1.47. The first kappa shape index (κ1) is 22.2. The van der Waals surface area contributed by atoms with Gasteiger partial charge in [0.1, 0.15) is 6.61 Å². The van der Waals surface area contributed by atoms with E-state index >= 15 is 0 Å². The Kier molecular flexibility index (Phi) is 8.92. The Labute approximate surface area is 174 Å². The molecule has 0 radical (unpaired) electrons. The fourth-order valence-corrected chi connectivity index (χ4v) is 4.29. The van der Waals surface area contributed by atoms with E-state index in [4.69, 9.17) is 18.9 Å². The summed E-state index contributed by atoms with van der Waals surface area (Å²) in [6, 6.07) is 10.3. The second-order valence-corrected chi connectivity index (χ2v) is 8.14. The number of carbonyl (C=O) groups is 1. The van der Waals surface area contributed by atoms with Crippen molar-refractivity contribution >= 4 is 5.91 Å². The van der Waals surface area contributed by atoms with Crippen molar-refractivity contribution in [3.05, 3.63) is 35.9 Å². The van der Waals surface area contributed by atoms with Crippen LogP contribution in [-0.4, -0.2) is 69.6 Å². The van der Waals surface area contributed by atoms with Crippen LogP contribution in [0.4, 0.5) is 0 Å². The Morgan fingerprint density at radius 1 is 1.14 bits per heavy atom. The van der Waals surface area contributed by atoms with Crippen LogP contribution in [0.2, 0.25) is 0 Å². The van der Waals surface area contributed by atoms with Crippen LogP contribution in [0.1, 0.15) is 37.7 Å². The summed E-state index contributed by atoms with van der Waals surface area (Å²) >= 11 is 0. The number of ether oxygens (including phenoxy) is 4. The molecule has 162 valence electrons. The maximum atomic E-state index is 12.3. The quantitative estimate of drug-likeness (QED) is 0.560. The average Bonchev–Trinajstić information content (AvgIpc) is 2.76. The van der Waals surface area contributed by atoms with Crippen LogP contribution in [0, 0.1) is 5.92 Å². The largest absolute Gasteiger partial charge is 0.382 e. The predicted octanol–water partition coefficient (Wildman–Crippen LogP) is 3.04. The number of rotatable bonds is 10. The van der Waals surface area contributed by atoms with Gasteiger partial charge in [-0.05, 0) is 43.6 Å². The van der Waals surface area contributed by atoms with E-state index in [-0.39, 0.29) is 18.1 Å². The van der Waals surface area contributed by atoms with E-state index in [1.807, 2.05) is 23.1 Å². The fourth-order valence-electron chi connectivity index (χ4n) is 4.29. The lowest BCUT2D eigenvalue weighted by Crippen LogP contribution is -2.51. The summed E-state index contributed by atoms with van der Waals surface area (Å²) in [6.07, 6.45) is 5.09.